The van der Waals surface area contributed by atoms with Gasteiger partial charge in [0.2, 0.25) is 5.28 Å². The highest BCUT2D eigenvalue weighted by atomic mass is 35.5. The number of ether oxygens (including phenoxy) is 1. The van der Waals surface area contributed by atoms with E-state index in [-0.39, 0.29) is 17.2 Å². The molecule has 1 aliphatic heterocycles. The van der Waals surface area contributed by atoms with Crippen LogP contribution in [-0.2, 0) is 11.3 Å². The molecule has 0 amide bonds. The summed E-state index contributed by atoms with van der Waals surface area (Å²) in [6, 6.07) is 10.1. The van der Waals surface area contributed by atoms with Gasteiger partial charge in [0.1, 0.15) is 10.7 Å². The maximum atomic E-state index is 6.70. The van der Waals surface area contributed by atoms with Crippen LogP contribution in [-0.4, -0.2) is 33.9 Å². The monoisotopic (exact) mass is 405 g/mol. The molecule has 0 saturated carbocycles. The van der Waals surface area contributed by atoms with E-state index in [1.807, 2.05) is 25.1 Å². The highest BCUT2D eigenvalue weighted by molar-refractivity contribution is 6.31. The van der Waals surface area contributed by atoms with Crippen molar-refractivity contribution in [2.75, 3.05) is 18.5 Å². The molecule has 6 nitrogen and oxygen atoms in total. The van der Waals surface area contributed by atoms with Gasteiger partial charge in [-0.15, -0.1) is 5.10 Å². The number of nitrogens with zero attached hydrogens (tertiary/aromatic N) is 3. The predicted octanol–water partition coefficient (Wildman–Crippen LogP) is 3.79. The second-order valence-corrected chi connectivity index (χ2v) is 7.49. The molecule has 1 fully saturated rings. The number of halogens is 2. The molecule has 3 aromatic rings. The molecule has 3 N–H and O–H groups in total. The highest BCUT2D eigenvalue weighted by Gasteiger charge is 2.31. The Kier molecular flexibility index (Phi) is 5.23. The summed E-state index contributed by atoms with van der Waals surface area (Å²) in [4.78, 5) is 4.40. The minimum absolute atomic E-state index is 0.00322. The number of hydrogen-bond donors (Lipinski definition) is 2. The lowest BCUT2D eigenvalue weighted by atomic mass is 9.89. The van der Waals surface area contributed by atoms with Crippen LogP contribution >= 0.6 is 23.2 Å². The first-order valence-electron chi connectivity index (χ1n) is 8.91. The van der Waals surface area contributed by atoms with Crippen LogP contribution in [0.1, 0.15) is 29.0 Å². The predicted molar refractivity (Wildman–Crippen MR) is 108 cm³/mol. The Morgan fingerprint density at radius 3 is 2.81 bits per heavy atom. The van der Waals surface area contributed by atoms with Gasteiger partial charge in [0.05, 0.1) is 6.61 Å². The first-order valence-corrected chi connectivity index (χ1v) is 9.67. The number of rotatable bonds is 4. The van der Waals surface area contributed by atoms with Crippen LogP contribution in [0.25, 0.3) is 5.52 Å². The average Bonchev–Trinajstić information content (AvgIpc) is 2.92. The molecule has 0 unspecified atom stereocenters. The molecule has 8 heteroatoms. The fraction of sp³-hybridized carbons (Fsp3) is 0.368. The summed E-state index contributed by atoms with van der Waals surface area (Å²) in [5.74, 6) is 0.670. The van der Waals surface area contributed by atoms with Crippen LogP contribution in [0, 0.1) is 6.92 Å². The lowest BCUT2D eigenvalue weighted by molar-refractivity contribution is 0.0690. The van der Waals surface area contributed by atoms with Crippen LogP contribution < -0.4 is 11.1 Å². The van der Waals surface area contributed by atoms with Crippen molar-refractivity contribution in [1.82, 2.24) is 14.6 Å². The zero-order valence-electron chi connectivity index (χ0n) is 15.0. The van der Waals surface area contributed by atoms with E-state index >= 15 is 0 Å². The Balaban J connectivity index is 1.77. The van der Waals surface area contributed by atoms with Crippen molar-refractivity contribution in [3.8, 4) is 0 Å². The highest BCUT2D eigenvalue weighted by Crippen LogP contribution is 2.38. The fourth-order valence-electron chi connectivity index (χ4n) is 3.66. The smallest absolute Gasteiger partial charge is 0.243 e. The quantitative estimate of drug-likeness (QED) is 0.690. The Labute approximate surface area is 167 Å². The van der Waals surface area contributed by atoms with Gasteiger partial charge in [-0.3, -0.25) is 0 Å². The number of fused-ring (bicyclic) bond motifs is 1. The number of aryl methyl sites for hydroxylation is 1. The van der Waals surface area contributed by atoms with Gasteiger partial charge >= 0.3 is 0 Å². The summed E-state index contributed by atoms with van der Waals surface area (Å²) < 4.78 is 7.30. The van der Waals surface area contributed by atoms with Gasteiger partial charge in [0.25, 0.3) is 0 Å². The molecule has 0 bridgehead atoms. The number of benzene rings is 1. The van der Waals surface area contributed by atoms with Crippen LogP contribution in [0.3, 0.4) is 0 Å². The molecule has 1 aromatic carbocycles. The zero-order valence-corrected chi connectivity index (χ0v) is 16.5. The summed E-state index contributed by atoms with van der Waals surface area (Å²) in [5.41, 5.74) is 10.3. The summed E-state index contributed by atoms with van der Waals surface area (Å²) in [6.07, 6.45) is 0.804. The van der Waals surface area contributed by atoms with Crippen LogP contribution in [0.4, 0.5) is 5.82 Å². The normalized spacial score (nSPS) is 20.1. The number of nitrogens with one attached hydrogen (secondary N) is 1. The van der Waals surface area contributed by atoms with E-state index in [1.54, 1.807) is 4.52 Å². The SMILES string of the molecule is Cc1c([C@H]2COCC[C@@H]2N)c(Cl)n2nc(Cl)nc(NCc3ccccc3)c12. The van der Waals surface area contributed by atoms with Gasteiger partial charge in [-0.1, -0.05) is 41.9 Å². The molecule has 0 radical (unpaired) electrons. The van der Waals surface area contributed by atoms with Gasteiger partial charge in [-0.2, -0.15) is 4.98 Å². The van der Waals surface area contributed by atoms with Crippen molar-refractivity contribution in [1.29, 1.82) is 0 Å². The standard InChI is InChI=1S/C19H21Cl2N5O/c1-11-15(13-10-27-8-7-14(13)22)17(20)26-16(11)18(24-19(21)25-26)23-9-12-5-3-2-4-6-12/h2-6,13-14H,7-10,22H2,1H3,(H,23,24,25)/t13-,14-/m0/s1. The Morgan fingerprint density at radius 1 is 1.30 bits per heavy atom. The summed E-state index contributed by atoms with van der Waals surface area (Å²) in [5, 5.41) is 8.32. The van der Waals surface area contributed by atoms with E-state index in [0.717, 1.165) is 28.6 Å². The van der Waals surface area contributed by atoms with Gasteiger partial charge in [0.15, 0.2) is 5.82 Å². The molecular formula is C19H21Cl2N5O. The Morgan fingerprint density at radius 2 is 2.07 bits per heavy atom. The van der Waals surface area contributed by atoms with Gasteiger partial charge < -0.3 is 15.8 Å². The van der Waals surface area contributed by atoms with Crippen molar-refractivity contribution >= 4 is 34.5 Å². The molecule has 4 rings (SSSR count). The average molecular weight is 406 g/mol. The molecule has 142 valence electrons. The van der Waals surface area contributed by atoms with E-state index in [0.29, 0.717) is 30.7 Å². The van der Waals surface area contributed by atoms with E-state index in [2.05, 4.69) is 27.5 Å². The second kappa shape index (κ2) is 7.64. The van der Waals surface area contributed by atoms with E-state index in [9.17, 15) is 0 Å². The third kappa shape index (κ3) is 3.50. The van der Waals surface area contributed by atoms with E-state index in [4.69, 9.17) is 33.7 Å². The van der Waals surface area contributed by atoms with Crippen molar-refractivity contribution in [3.05, 3.63) is 57.5 Å². The van der Waals surface area contributed by atoms with Gasteiger partial charge in [-0.25, -0.2) is 4.52 Å². The lowest BCUT2D eigenvalue weighted by Gasteiger charge is -2.29. The lowest BCUT2D eigenvalue weighted by Crippen LogP contribution is -2.37. The zero-order chi connectivity index (χ0) is 19.0. The topological polar surface area (TPSA) is 77.5 Å². The second-order valence-electron chi connectivity index (χ2n) is 6.79. The van der Waals surface area contributed by atoms with E-state index in [1.165, 1.54) is 0 Å². The maximum absolute atomic E-state index is 6.70. The summed E-state index contributed by atoms with van der Waals surface area (Å²) in [6.45, 7) is 3.86. The maximum Gasteiger partial charge on any atom is 0.243 e. The molecule has 0 spiro atoms. The van der Waals surface area contributed by atoms with E-state index < -0.39 is 0 Å². The van der Waals surface area contributed by atoms with Crippen LogP contribution in [0.2, 0.25) is 10.4 Å². The summed E-state index contributed by atoms with van der Waals surface area (Å²) in [7, 11) is 0. The molecule has 1 aliphatic rings. The number of hydrogen-bond acceptors (Lipinski definition) is 5. The Hall–Kier alpha value is -1.86. The van der Waals surface area contributed by atoms with Crippen molar-refractivity contribution in [2.24, 2.45) is 5.73 Å². The molecule has 3 heterocycles. The van der Waals surface area contributed by atoms with Crippen LogP contribution in [0.5, 0.6) is 0 Å². The molecule has 0 aliphatic carbocycles. The first kappa shape index (κ1) is 18.5. The van der Waals surface area contributed by atoms with Crippen molar-refractivity contribution < 1.29 is 4.74 Å². The van der Waals surface area contributed by atoms with Crippen molar-refractivity contribution in [3.63, 3.8) is 0 Å². The minimum Gasteiger partial charge on any atom is -0.381 e. The number of aromatic nitrogens is 3. The third-order valence-electron chi connectivity index (χ3n) is 5.07. The molecular weight excluding hydrogens is 385 g/mol. The Bertz CT molecular complexity index is 960. The minimum atomic E-state index is -0.00322. The molecule has 2 aromatic heterocycles. The van der Waals surface area contributed by atoms with Crippen molar-refractivity contribution in [2.45, 2.75) is 31.8 Å². The number of nitrogens with two attached hydrogens (primary N) is 1. The molecule has 2 atom stereocenters. The number of anilines is 1. The fourth-order valence-corrected chi connectivity index (χ4v) is 4.23. The molecule has 27 heavy (non-hydrogen) atoms. The first-order chi connectivity index (χ1) is 13.1. The van der Waals surface area contributed by atoms with Gasteiger partial charge in [-0.05, 0) is 36.1 Å². The third-order valence-corrected chi connectivity index (χ3v) is 5.60. The summed E-state index contributed by atoms with van der Waals surface area (Å²) >= 11 is 12.9. The van der Waals surface area contributed by atoms with Crippen LogP contribution in [0.15, 0.2) is 30.3 Å². The largest absolute Gasteiger partial charge is 0.381 e. The van der Waals surface area contributed by atoms with Gasteiger partial charge in [0, 0.05) is 30.7 Å². The molecule has 1 saturated heterocycles.